The Bertz CT molecular complexity index is 834. The van der Waals surface area contributed by atoms with Crippen molar-refractivity contribution in [3.05, 3.63) is 76.8 Å². The van der Waals surface area contributed by atoms with Crippen molar-refractivity contribution in [1.29, 1.82) is 0 Å². The van der Waals surface area contributed by atoms with Crippen LogP contribution in [0.3, 0.4) is 0 Å². The van der Waals surface area contributed by atoms with Crippen LogP contribution in [0.4, 0.5) is 0 Å². The molecule has 0 aromatic heterocycles. The van der Waals surface area contributed by atoms with Crippen LogP contribution in [0.1, 0.15) is 0 Å². The van der Waals surface area contributed by atoms with Crippen LogP contribution in [-0.4, -0.2) is 5.11 Å². The van der Waals surface area contributed by atoms with Gasteiger partial charge in [-0.25, -0.2) is 0 Å². The van der Waals surface area contributed by atoms with E-state index < -0.39 is 0 Å². The summed E-state index contributed by atoms with van der Waals surface area (Å²) in [5.74, 6) is 1.67. The van der Waals surface area contributed by atoms with E-state index in [1.165, 1.54) is 6.07 Å². The molecule has 0 saturated heterocycles. The highest BCUT2D eigenvalue weighted by atomic mass is 35.5. The number of phenols is 1. The molecule has 0 unspecified atom stereocenters. The highest BCUT2D eigenvalue weighted by Gasteiger charge is 2.10. The molecule has 0 aliphatic carbocycles. The Balaban J connectivity index is 1.88. The molecule has 3 nitrogen and oxygen atoms in total. The lowest BCUT2D eigenvalue weighted by molar-refractivity contribution is 0.405. The van der Waals surface area contributed by atoms with Gasteiger partial charge in [0.05, 0.1) is 10.0 Å². The summed E-state index contributed by atoms with van der Waals surface area (Å²) in [6, 6.07) is 18.8. The maximum Gasteiger partial charge on any atom is 0.172 e. The predicted molar refractivity (Wildman–Crippen MR) is 91.2 cm³/mol. The minimum Gasteiger partial charge on any atom is -0.504 e. The van der Waals surface area contributed by atoms with E-state index in [0.717, 1.165) is 0 Å². The molecule has 0 bridgehead atoms. The summed E-state index contributed by atoms with van der Waals surface area (Å²) >= 11 is 12.1. The molecule has 1 N–H and O–H groups in total. The Morgan fingerprint density at radius 2 is 1.22 bits per heavy atom. The number of hydrogen-bond donors (Lipinski definition) is 1. The van der Waals surface area contributed by atoms with Crippen LogP contribution in [0.25, 0.3) is 0 Å². The molecule has 0 radical (unpaired) electrons. The van der Waals surface area contributed by atoms with Crippen LogP contribution in [0.2, 0.25) is 10.0 Å². The van der Waals surface area contributed by atoms with Crippen molar-refractivity contribution in [3.63, 3.8) is 0 Å². The number of rotatable bonds is 4. The van der Waals surface area contributed by atoms with Crippen molar-refractivity contribution in [1.82, 2.24) is 0 Å². The lowest BCUT2D eigenvalue weighted by Crippen LogP contribution is -1.89. The van der Waals surface area contributed by atoms with Crippen LogP contribution in [0.15, 0.2) is 66.7 Å². The van der Waals surface area contributed by atoms with Crippen LogP contribution in [-0.2, 0) is 0 Å². The van der Waals surface area contributed by atoms with E-state index in [-0.39, 0.29) is 11.5 Å². The Kier molecular flexibility index (Phi) is 4.60. The normalized spacial score (nSPS) is 10.3. The monoisotopic (exact) mass is 346 g/mol. The fraction of sp³-hybridized carbons (Fsp3) is 0. The topological polar surface area (TPSA) is 38.7 Å². The van der Waals surface area contributed by atoms with Gasteiger partial charge in [-0.3, -0.25) is 0 Å². The Morgan fingerprint density at radius 3 is 1.83 bits per heavy atom. The molecule has 0 atom stereocenters. The van der Waals surface area contributed by atoms with E-state index in [2.05, 4.69) is 0 Å². The minimum atomic E-state index is -0.0172. The molecule has 0 fully saturated rings. The van der Waals surface area contributed by atoms with Crippen molar-refractivity contribution >= 4 is 23.2 Å². The number of ether oxygens (including phenoxy) is 2. The number of halogens is 2. The molecule has 3 rings (SSSR count). The van der Waals surface area contributed by atoms with E-state index in [9.17, 15) is 5.11 Å². The highest BCUT2D eigenvalue weighted by molar-refractivity contribution is 6.32. The second-order valence-corrected chi connectivity index (χ2v) is 5.51. The number of para-hydroxylation sites is 2. The molecule has 0 aliphatic rings. The smallest absolute Gasteiger partial charge is 0.172 e. The molecular weight excluding hydrogens is 335 g/mol. The second kappa shape index (κ2) is 6.82. The first-order valence-corrected chi connectivity index (χ1v) is 7.57. The SMILES string of the molecule is Oc1ccc(Oc2ccccc2Cl)cc1Oc1ccccc1Cl. The molecular formula is C18H12Cl2O3. The van der Waals surface area contributed by atoms with Gasteiger partial charge in [-0.1, -0.05) is 47.5 Å². The summed E-state index contributed by atoms with van der Waals surface area (Å²) < 4.78 is 11.4. The van der Waals surface area contributed by atoms with Gasteiger partial charge in [-0.15, -0.1) is 0 Å². The lowest BCUT2D eigenvalue weighted by Gasteiger charge is -2.12. The predicted octanol–water partition coefficient (Wildman–Crippen LogP) is 6.28. The van der Waals surface area contributed by atoms with Crippen LogP contribution >= 0.6 is 23.2 Å². The zero-order chi connectivity index (χ0) is 16.2. The van der Waals surface area contributed by atoms with E-state index in [1.54, 1.807) is 48.5 Å². The number of benzene rings is 3. The van der Waals surface area contributed by atoms with Gasteiger partial charge in [-0.2, -0.15) is 0 Å². The van der Waals surface area contributed by atoms with Gasteiger partial charge in [0.2, 0.25) is 0 Å². The third-order valence-electron chi connectivity index (χ3n) is 3.05. The summed E-state index contributed by atoms with van der Waals surface area (Å²) in [4.78, 5) is 0. The highest BCUT2D eigenvalue weighted by Crippen LogP contribution is 2.38. The van der Waals surface area contributed by atoms with Gasteiger partial charge in [-0.05, 0) is 36.4 Å². The first-order chi connectivity index (χ1) is 11.1. The van der Waals surface area contributed by atoms with Crippen molar-refractivity contribution in [2.45, 2.75) is 0 Å². The zero-order valence-corrected chi connectivity index (χ0v) is 13.4. The Hall–Kier alpha value is -2.36. The fourth-order valence-corrected chi connectivity index (χ4v) is 2.29. The van der Waals surface area contributed by atoms with E-state index in [4.69, 9.17) is 32.7 Å². The first kappa shape index (κ1) is 15.5. The van der Waals surface area contributed by atoms with Crippen molar-refractivity contribution in [2.75, 3.05) is 0 Å². The average molecular weight is 347 g/mol. The quantitative estimate of drug-likeness (QED) is 0.603. The Labute approximate surface area is 143 Å². The van der Waals surface area contributed by atoms with E-state index in [0.29, 0.717) is 27.3 Å². The van der Waals surface area contributed by atoms with Gasteiger partial charge < -0.3 is 14.6 Å². The lowest BCUT2D eigenvalue weighted by atomic mass is 10.3. The summed E-state index contributed by atoms with van der Waals surface area (Å²) in [6.45, 7) is 0. The molecule has 116 valence electrons. The maximum atomic E-state index is 9.96. The minimum absolute atomic E-state index is 0.0172. The first-order valence-electron chi connectivity index (χ1n) is 6.81. The summed E-state index contributed by atoms with van der Waals surface area (Å²) in [5.41, 5.74) is 0. The third kappa shape index (κ3) is 3.70. The number of hydrogen-bond acceptors (Lipinski definition) is 3. The maximum absolute atomic E-state index is 9.96. The van der Waals surface area contributed by atoms with E-state index in [1.807, 2.05) is 12.1 Å². The van der Waals surface area contributed by atoms with Crippen LogP contribution in [0.5, 0.6) is 28.7 Å². The zero-order valence-electron chi connectivity index (χ0n) is 11.9. The molecule has 23 heavy (non-hydrogen) atoms. The van der Waals surface area contributed by atoms with Gasteiger partial charge in [0.1, 0.15) is 17.2 Å². The third-order valence-corrected chi connectivity index (χ3v) is 3.68. The molecule has 0 spiro atoms. The molecule has 3 aromatic carbocycles. The van der Waals surface area contributed by atoms with Gasteiger partial charge in [0, 0.05) is 6.07 Å². The summed E-state index contributed by atoms with van der Waals surface area (Å²) in [5, 5.41) is 10.9. The summed E-state index contributed by atoms with van der Waals surface area (Å²) in [6.07, 6.45) is 0. The average Bonchev–Trinajstić information content (AvgIpc) is 2.55. The molecule has 0 amide bonds. The molecule has 0 heterocycles. The largest absolute Gasteiger partial charge is 0.504 e. The molecule has 0 saturated carbocycles. The van der Waals surface area contributed by atoms with Gasteiger partial charge in [0.15, 0.2) is 11.5 Å². The second-order valence-electron chi connectivity index (χ2n) is 4.69. The number of aromatic hydroxyl groups is 1. The van der Waals surface area contributed by atoms with E-state index >= 15 is 0 Å². The Morgan fingerprint density at radius 1 is 0.652 bits per heavy atom. The summed E-state index contributed by atoms with van der Waals surface area (Å²) in [7, 11) is 0. The molecule has 0 aliphatic heterocycles. The standard InChI is InChI=1S/C18H12Cl2O3/c19-13-5-1-3-7-16(13)22-12-9-10-15(21)18(11-12)23-17-8-4-2-6-14(17)20/h1-11,21H. The fourth-order valence-electron chi connectivity index (χ4n) is 1.94. The van der Waals surface area contributed by atoms with Crippen molar-refractivity contribution in [3.8, 4) is 28.7 Å². The number of phenolic OH excluding ortho intramolecular Hbond substituents is 1. The van der Waals surface area contributed by atoms with Crippen LogP contribution < -0.4 is 9.47 Å². The molecule has 5 heteroatoms. The van der Waals surface area contributed by atoms with Crippen molar-refractivity contribution in [2.24, 2.45) is 0 Å². The van der Waals surface area contributed by atoms with Crippen LogP contribution in [0, 0.1) is 0 Å². The van der Waals surface area contributed by atoms with Crippen molar-refractivity contribution < 1.29 is 14.6 Å². The van der Waals surface area contributed by atoms with Gasteiger partial charge in [0.25, 0.3) is 0 Å². The molecule has 3 aromatic rings. The van der Waals surface area contributed by atoms with Gasteiger partial charge >= 0.3 is 0 Å².